The Morgan fingerprint density at radius 2 is 1.85 bits per heavy atom. The number of nitrogens with two attached hydrogens (primary N) is 1. The van der Waals surface area contributed by atoms with Crippen molar-refractivity contribution in [1.29, 1.82) is 0 Å². The monoisotopic (exact) mass is 274 g/mol. The number of hydrogen-bond donors (Lipinski definition) is 1. The summed E-state index contributed by atoms with van der Waals surface area (Å²) < 4.78 is 5.73. The van der Waals surface area contributed by atoms with Crippen molar-refractivity contribution in [2.45, 2.75) is 19.3 Å². The molecule has 0 spiro atoms. The van der Waals surface area contributed by atoms with Crippen molar-refractivity contribution in [2.24, 2.45) is 17.6 Å². The highest BCUT2D eigenvalue weighted by Gasteiger charge is 2.35. The first-order chi connectivity index (χ1) is 9.72. The maximum atomic E-state index is 11.0. The summed E-state index contributed by atoms with van der Waals surface area (Å²) in [5.41, 5.74) is 5.72. The lowest BCUT2D eigenvalue weighted by molar-refractivity contribution is 0.100. The number of likely N-dealkylation sites (tertiary alicyclic amines) is 1. The van der Waals surface area contributed by atoms with Gasteiger partial charge in [0.1, 0.15) is 12.4 Å². The first-order valence-corrected chi connectivity index (χ1v) is 7.47. The molecule has 1 amide bonds. The van der Waals surface area contributed by atoms with E-state index in [9.17, 15) is 4.79 Å². The smallest absolute Gasteiger partial charge is 0.248 e. The molecule has 1 aliphatic heterocycles. The van der Waals surface area contributed by atoms with Crippen molar-refractivity contribution in [3.63, 3.8) is 0 Å². The van der Waals surface area contributed by atoms with Gasteiger partial charge in [0.15, 0.2) is 0 Å². The Morgan fingerprint density at radius 1 is 1.20 bits per heavy atom. The molecule has 1 saturated carbocycles. The second kappa shape index (κ2) is 5.83. The Kier molecular flexibility index (Phi) is 3.92. The molecule has 1 aliphatic carbocycles. The van der Waals surface area contributed by atoms with Crippen LogP contribution in [0.2, 0.25) is 0 Å². The van der Waals surface area contributed by atoms with Crippen LogP contribution in [-0.2, 0) is 0 Å². The number of nitrogens with zero attached hydrogens (tertiary/aromatic N) is 1. The fourth-order valence-electron chi connectivity index (χ4n) is 3.52. The van der Waals surface area contributed by atoms with Gasteiger partial charge in [0.2, 0.25) is 5.91 Å². The molecule has 1 saturated heterocycles. The molecule has 1 heterocycles. The van der Waals surface area contributed by atoms with Crippen LogP contribution < -0.4 is 10.5 Å². The molecule has 0 aromatic heterocycles. The van der Waals surface area contributed by atoms with Gasteiger partial charge in [0.05, 0.1) is 0 Å². The van der Waals surface area contributed by atoms with E-state index >= 15 is 0 Å². The fourth-order valence-corrected chi connectivity index (χ4v) is 3.52. The van der Waals surface area contributed by atoms with Crippen LogP contribution in [0.1, 0.15) is 29.6 Å². The van der Waals surface area contributed by atoms with Crippen molar-refractivity contribution in [2.75, 3.05) is 26.2 Å². The standard InChI is InChI=1S/C16H22N2O2/c17-16(19)12-4-6-15(7-5-12)20-9-8-18-10-13-2-1-3-14(13)11-18/h4-7,13-14H,1-3,8-11H2,(H2,17,19). The van der Waals surface area contributed by atoms with Gasteiger partial charge in [0, 0.05) is 25.2 Å². The summed E-state index contributed by atoms with van der Waals surface area (Å²) >= 11 is 0. The van der Waals surface area contributed by atoms with Crippen LogP contribution in [0, 0.1) is 11.8 Å². The number of ether oxygens (including phenoxy) is 1. The summed E-state index contributed by atoms with van der Waals surface area (Å²) in [7, 11) is 0. The molecular weight excluding hydrogens is 252 g/mol. The van der Waals surface area contributed by atoms with Gasteiger partial charge in [-0.05, 0) is 48.9 Å². The van der Waals surface area contributed by atoms with E-state index in [0.29, 0.717) is 12.2 Å². The van der Waals surface area contributed by atoms with Gasteiger partial charge in [-0.2, -0.15) is 0 Å². The summed E-state index contributed by atoms with van der Waals surface area (Å²) in [6.45, 7) is 4.18. The van der Waals surface area contributed by atoms with Gasteiger partial charge >= 0.3 is 0 Å². The van der Waals surface area contributed by atoms with Crippen LogP contribution in [0.4, 0.5) is 0 Å². The summed E-state index contributed by atoms with van der Waals surface area (Å²) in [4.78, 5) is 13.5. The lowest BCUT2D eigenvalue weighted by atomic mass is 10.0. The SMILES string of the molecule is NC(=O)c1ccc(OCCN2CC3CCCC3C2)cc1. The molecule has 0 bridgehead atoms. The van der Waals surface area contributed by atoms with E-state index in [1.807, 2.05) is 0 Å². The maximum Gasteiger partial charge on any atom is 0.248 e. The third-order valence-corrected chi connectivity index (χ3v) is 4.62. The zero-order chi connectivity index (χ0) is 13.9. The summed E-state index contributed by atoms with van der Waals surface area (Å²) in [6, 6.07) is 7.02. The largest absolute Gasteiger partial charge is 0.492 e. The van der Waals surface area contributed by atoms with E-state index < -0.39 is 5.91 Å². The lowest BCUT2D eigenvalue weighted by Crippen LogP contribution is -2.27. The van der Waals surface area contributed by atoms with Crippen molar-refractivity contribution in [3.05, 3.63) is 29.8 Å². The molecule has 1 aromatic carbocycles. The van der Waals surface area contributed by atoms with Crippen LogP contribution in [0.3, 0.4) is 0 Å². The van der Waals surface area contributed by atoms with Crippen LogP contribution in [-0.4, -0.2) is 37.0 Å². The van der Waals surface area contributed by atoms with E-state index in [1.54, 1.807) is 24.3 Å². The summed E-state index contributed by atoms with van der Waals surface area (Å²) in [5, 5.41) is 0. The zero-order valence-electron chi connectivity index (χ0n) is 11.8. The number of rotatable bonds is 5. The Hall–Kier alpha value is -1.55. The van der Waals surface area contributed by atoms with E-state index in [-0.39, 0.29) is 0 Å². The van der Waals surface area contributed by atoms with Crippen LogP contribution in [0.15, 0.2) is 24.3 Å². The number of benzene rings is 1. The summed E-state index contributed by atoms with van der Waals surface area (Å²) in [6.07, 6.45) is 4.25. The van der Waals surface area contributed by atoms with E-state index in [0.717, 1.165) is 24.1 Å². The predicted octanol–water partition coefficient (Wildman–Crippen LogP) is 1.90. The second-order valence-corrected chi connectivity index (χ2v) is 5.95. The van der Waals surface area contributed by atoms with Crippen molar-refractivity contribution in [3.8, 4) is 5.75 Å². The van der Waals surface area contributed by atoms with Crippen molar-refractivity contribution < 1.29 is 9.53 Å². The number of carbonyl (C=O) groups excluding carboxylic acids is 1. The van der Waals surface area contributed by atoms with Crippen molar-refractivity contribution >= 4 is 5.91 Å². The number of hydrogen-bond acceptors (Lipinski definition) is 3. The predicted molar refractivity (Wildman–Crippen MR) is 77.7 cm³/mol. The number of carbonyl (C=O) groups is 1. The Bertz CT molecular complexity index is 460. The molecule has 2 fully saturated rings. The minimum atomic E-state index is -0.403. The Labute approximate surface area is 119 Å². The third kappa shape index (κ3) is 2.96. The Morgan fingerprint density at radius 3 is 2.45 bits per heavy atom. The minimum Gasteiger partial charge on any atom is -0.492 e. The Balaban J connectivity index is 1.42. The molecule has 4 nitrogen and oxygen atoms in total. The van der Waals surface area contributed by atoms with Gasteiger partial charge in [-0.25, -0.2) is 0 Å². The number of primary amides is 1. The molecule has 2 atom stereocenters. The van der Waals surface area contributed by atoms with Gasteiger partial charge in [-0.3, -0.25) is 9.69 Å². The average molecular weight is 274 g/mol. The molecule has 2 aliphatic rings. The van der Waals surface area contributed by atoms with E-state index in [4.69, 9.17) is 10.5 Å². The fraction of sp³-hybridized carbons (Fsp3) is 0.562. The topological polar surface area (TPSA) is 55.6 Å². The molecule has 0 radical (unpaired) electrons. The zero-order valence-corrected chi connectivity index (χ0v) is 11.8. The molecule has 108 valence electrons. The number of fused-ring (bicyclic) bond motifs is 1. The van der Waals surface area contributed by atoms with Gasteiger partial charge in [0.25, 0.3) is 0 Å². The van der Waals surface area contributed by atoms with Gasteiger partial charge in [-0.1, -0.05) is 6.42 Å². The highest BCUT2D eigenvalue weighted by molar-refractivity contribution is 5.92. The third-order valence-electron chi connectivity index (χ3n) is 4.62. The highest BCUT2D eigenvalue weighted by Crippen LogP contribution is 2.37. The highest BCUT2D eigenvalue weighted by atomic mass is 16.5. The van der Waals surface area contributed by atoms with E-state index in [2.05, 4.69) is 4.90 Å². The van der Waals surface area contributed by atoms with Crippen molar-refractivity contribution in [1.82, 2.24) is 4.90 Å². The maximum absolute atomic E-state index is 11.0. The first kappa shape index (κ1) is 13.4. The summed E-state index contributed by atoms with van der Waals surface area (Å²) in [5.74, 6) is 2.27. The quantitative estimate of drug-likeness (QED) is 0.892. The molecule has 2 N–H and O–H groups in total. The molecule has 3 rings (SSSR count). The van der Waals surface area contributed by atoms with Gasteiger partial charge in [-0.15, -0.1) is 0 Å². The normalized spacial score (nSPS) is 25.6. The van der Waals surface area contributed by atoms with Crippen LogP contribution in [0.5, 0.6) is 5.75 Å². The first-order valence-electron chi connectivity index (χ1n) is 7.47. The lowest BCUT2D eigenvalue weighted by Gasteiger charge is -2.17. The van der Waals surface area contributed by atoms with Crippen LogP contribution >= 0.6 is 0 Å². The van der Waals surface area contributed by atoms with Crippen LogP contribution in [0.25, 0.3) is 0 Å². The number of amides is 1. The molecular formula is C16H22N2O2. The minimum absolute atomic E-state index is 0.403. The van der Waals surface area contributed by atoms with Gasteiger partial charge < -0.3 is 10.5 Å². The molecule has 2 unspecified atom stereocenters. The van der Waals surface area contributed by atoms with E-state index in [1.165, 1.54) is 32.4 Å². The molecule has 20 heavy (non-hydrogen) atoms. The second-order valence-electron chi connectivity index (χ2n) is 5.95. The molecule has 4 heteroatoms. The molecule has 1 aromatic rings. The average Bonchev–Trinajstić information content (AvgIpc) is 3.00.